The smallest absolute Gasteiger partial charge is 0.253 e. The molecule has 2 amide bonds. The molecule has 0 bridgehead atoms. The van der Waals surface area contributed by atoms with Gasteiger partial charge in [0.1, 0.15) is 5.60 Å². The minimum atomic E-state index is -0.877. The third kappa shape index (κ3) is 4.87. The predicted octanol–water partition coefficient (Wildman–Crippen LogP) is 5.72. The Bertz CT molecular complexity index is 1030. The van der Waals surface area contributed by atoms with E-state index in [0.717, 1.165) is 16.7 Å². The quantitative estimate of drug-likeness (QED) is 0.323. The van der Waals surface area contributed by atoms with Gasteiger partial charge in [0, 0.05) is 6.42 Å². The lowest BCUT2D eigenvalue weighted by Gasteiger charge is -2.37. The van der Waals surface area contributed by atoms with Gasteiger partial charge in [-0.05, 0) is 35.1 Å². The number of nitrogens with zero attached hydrogens (tertiary/aromatic N) is 1. The molecule has 3 aromatic rings. The molecule has 0 N–H and O–H groups in total. The van der Waals surface area contributed by atoms with Gasteiger partial charge in [-0.2, -0.15) is 0 Å². The lowest BCUT2D eigenvalue weighted by molar-refractivity contribution is -0.142. The monoisotopic (exact) mass is 453 g/mol. The second-order valence-electron chi connectivity index (χ2n) is 8.99. The highest BCUT2D eigenvalue weighted by Gasteiger charge is 2.41. The molecule has 4 heteroatoms. The van der Waals surface area contributed by atoms with Crippen LogP contribution in [-0.2, 0) is 19.9 Å². The van der Waals surface area contributed by atoms with Crippen molar-refractivity contribution >= 4 is 11.8 Å². The number of likely N-dealkylation sites (tertiary alicyclic amines) is 1. The molecule has 34 heavy (non-hydrogen) atoms. The summed E-state index contributed by atoms with van der Waals surface area (Å²) in [6.45, 7) is 4.25. The highest BCUT2D eigenvalue weighted by molar-refractivity contribution is 6.02. The first-order valence-electron chi connectivity index (χ1n) is 11.9. The van der Waals surface area contributed by atoms with Gasteiger partial charge < -0.3 is 4.74 Å². The van der Waals surface area contributed by atoms with E-state index >= 15 is 0 Å². The average Bonchev–Trinajstić information content (AvgIpc) is 3.25. The molecule has 1 aliphatic heterocycles. The Balaban J connectivity index is 1.74. The maximum atomic E-state index is 12.9. The first-order chi connectivity index (χ1) is 16.5. The summed E-state index contributed by atoms with van der Waals surface area (Å²) in [5.74, 6) is -0.176. The summed E-state index contributed by atoms with van der Waals surface area (Å²) in [6.07, 6.45) is 4.28. The van der Waals surface area contributed by atoms with Crippen LogP contribution in [0.4, 0.5) is 0 Å². The summed E-state index contributed by atoms with van der Waals surface area (Å²) in [6, 6.07) is 30.1. The zero-order chi connectivity index (χ0) is 24.0. The molecule has 0 saturated carbocycles. The summed E-state index contributed by atoms with van der Waals surface area (Å²) in [5, 5.41) is 0. The zero-order valence-electron chi connectivity index (χ0n) is 19.8. The molecule has 0 unspecified atom stereocenters. The number of hydrogen-bond acceptors (Lipinski definition) is 3. The zero-order valence-corrected chi connectivity index (χ0v) is 19.8. The van der Waals surface area contributed by atoms with E-state index in [9.17, 15) is 9.59 Å². The standard InChI is InChI=1S/C30H31NO3/c1-23(2)18-20-28(32)31-27(19-21-29(31)33)22-34-30(24-12-6-3-7-13-24,25-14-8-4-9-15-25)26-16-10-5-11-17-26/h3-18,20,23,27H,19,21-22H2,1-2H3/b20-18+/t27-/m0/s1. The van der Waals surface area contributed by atoms with E-state index in [1.165, 1.54) is 11.0 Å². The fourth-order valence-corrected chi connectivity index (χ4v) is 4.55. The number of ether oxygens (including phenoxy) is 1. The van der Waals surface area contributed by atoms with Crippen molar-refractivity contribution in [3.05, 3.63) is 120 Å². The fraction of sp³-hybridized carbons (Fsp3) is 0.267. The molecule has 1 atom stereocenters. The van der Waals surface area contributed by atoms with Gasteiger partial charge >= 0.3 is 0 Å². The third-order valence-corrected chi connectivity index (χ3v) is 6.22. The fourth-order valence-electron chi connectivity index (χ4n) is 4.55. The van der Waals surface area contributed by atoms with Crippen LogP contribution in [0, 0.1) is 5.92 Å². The predicted molar refractivity (Wildman–Crippen MR) is 134 cm³/mol. The number of rotatable bonds is 8. The normalized spacial score (nSPS) is 16.5. The number of carbonyl (C=O) groups is 2. The van der Waals surface area contributed by atoms with Crippen molar-refractivity contribution in [3.8, 4) is 0 Å². The Labute approximate surface area is 201 Å². The van der Waals surface area contributed by atoms with Gasteiger partial charge in [-0.3, -0.25) is 14.5 Å². The highest BCUT2D eigenvalue weighted by atomic mass is 16.5. The van der Waals surface area contributed by atoms with Crippen molar-refractivity contribution in [3.63, 3.8) is 0 Å². The molecule has 1 heterocycles. The molecule has 3 aromatic carbocycles. The van der Waals surface area contributed by atoms with Crippen LogP contribution in [0.25, 0.3) is 0 Å². The van der Waals surface area contributed by atoms with Crippen LogP contribution in [0.5, 0.6) is 0 Å². The van der Waals surface area contributed by atoms with Gasteiger partial charge in [0.25, 0.3) is 5.91 Å². The Kier molecular flexibility index (Phi) is 7.39. The first kappa shape index (κ1) is 23.7. The van der Waals surface area contributed by atoms with Crippen LogP contribution in [0.3, 0.4) is 0 Å². The number of carbonyl (C=O) groups excluding carboxylic acids is 2. The maximum Gasteiger partial charge on any atom is 0.253 e. The van der Waals surface area contributed by atoms with Crippen molar-refractivity contribution < 1.29 is 14.3 Å². The molecule has 0 aliphatic carbocycles. The summed E-state index contributed by atoms with van der Waals surface area (Å²) in [4.78, 5) is 26.9. The largest absolute Gasteiger partial charge is 0.359 e. The molecular weight excluding hydrogens is 422 g/mol. The lowest BCUT2D eigenvalue weighted by atomic mass is 9.80. The molecular formula is C30H31NO3. The van der Waals surface area contributed by atoms with Crippen molar-refractivity contribution in [2.45, 2.75) is 38.3 Å². The Hall–Kier alpha value is -3.50. The molecule has 174 valence electrons. The average molecular weight is 454 g/mol. The van der Waals surface area contributed by atoms with Crippen molar-refractivity contribution in [2.75, 3.05) is 6.61 Å². The van der Waals surface area contributed by atoms with Gasteiger partial charge in [-0.1, -0.05) is 111 Å². The van der Waals surface area contributed by atoms with Gasteiger partial charge in [0.2, 0.25) is 5.91 Å². The Morgan fingerprint density at radius 2 is 1.38 bits per heavy atom. The van der Waals surface area contributed by atoms with Gasteiger partial charge in [0.05, 0.1) is 12.6 Å². The van der Waals surface area contributed by atoms with Crippen LogP contribution in [0.2, 0.25) is 0 Å². The topological polar surface area (TPSA) is 46.6 Å². The van der Waals surface area contributed by atoms with Crippen LogP contribution < -0.4 is 0 Å². The number of hydrogen-bond donors (Lipinski definition) is 0. The SMILES string of the molecule is CC(C)/C=C/C(=O)N1C(=O)CC[C@H]1COC(c1ccccc1)(c1ccccc1)c1ccccc1. The van der Waals surface area contributed by atoms with E-state index in [1.807, 2.05) is 74.5 Å². The lowest BCUT2D eigenvalue weighted by Crippen LogP contribution is -2.43. The van der Waals surface area contributed by atoms with E-state index in [1.54, 1.807) is 0 Å². The summed E-state index contributed by atoms with van der Waals surface area (Å²) in [5.41, 5.74) is 2.11. The minimum absolute atomic E-state index is 0.142. The van der Waals surface area contributed by atoms with Gasteiger partial charge in [0.15, 0.2) is 0 Å². The second-order valence-corrected chi connectivity index (χ2v) is 8.99. The van der Waals surface area contributed by atoms with Crippen LogP contribution in [-0.4, -0.2) is 29.4 Å². The minimum Gasteiger partial charge on any atom is -0.359 e. The first-order valence-corrected chi connectivity index (χ1v) is 11.9. The highest BCUT2D eigenvalue weighted by Crippen LogP contribution is 2.41. The second kappa shape index (κ2) is 10.6. The van der Waals surface area contributed by atoms with E-state index in [0.29, 0.717) is 12.8 Å². The molecule has 0 radical (unpaired) electrons. The van der Waals surface area contributed by atoms with Gasteiger partial charge in [-0.15, -0.1) is 0 Å². The maximum absolute atomic E-state index is 12.9. The van der Waals surface area contributed by atoms with Crippen LogP contribution in [0.15, 0.2) is 103 Å². The van der Waals surface area contributed by atoms with Crippen molar-refractivity contribution in [2.24, 2.45) is 5.92 Å². The van der Waals surface area contributed by atoms with E-state index in [4.69, 9.17) is 4.74 Å². The number of imide groups is 1. The number of benzene rings is 3. The van der Waals surface area contributed by atoms with Crippen LogP contribution >= 0.6 is 0 Å². The Morgan fingerprint density at radius 1 is 0.912 bits per heavy atom. The van der Waals surface area contributed by atoms with Crippen LogP contribution in [0.1, 0.15) is 43.4 Å². The molecule has 0 aromatic heterocycles. The summed E-state index contributed by atoms with van der Waals surface area (Å²) in [7, 11) is 0. The molecule has 0 spiro atoms. The molecule has 1 saturated heterocycles. The van der Waals surface area contributed by atoms with Gasteiger partial charge in [-0.25, -0.2) is 0 Å². The summed E-state index contributed by atoms with van der Waals surface area (Å²) < 4.78 is 6.86. The van der Waals surface area contributed by atoms with E-state index in [2.05, 4.69) is 36.4 Å². The number of amides is 2. The number of allylic oxidation sites excluding steroid dienone is 1. The van der Waals surface area contributed by atoms with E-state index in [-0.39, 0.29) is 30.4 Å². The van der Waals surface area contributed by atoms with Crippen molar-refractivity contribution in [1.29, 1.82) is 0 Å². The third-order valence-electron chi connectivity index (χ3n) is 6.22. The molecule has 1 fully saturated rings. The van der Waals surface area contributed by atoms with Crippen molar-refractivity contribution in [1.82, 2.24) is 4.90 Å². The van der Waals surface area contributed by atoms with E-state index < -0.39 is 5.60 Å². The summed E-state index contributed by atoms with van der Waals surface area (Å²) >= 11 is 0. The molecule has 4 rings (SSSR count). The Morgan fingerprint density at radius 3 is 1.82 bits per heavy atom. The molecule has 4 nitrogen and oxygen atoms in total. The molecule has 1 aliphatic rings.